The average molecular weight is 490 g/mol. The summed E-state index contributed by atoms with van der Waals surface area (Å²) in [7, 11) is 0. The average Bonchev–Trinajstić information content (AvgIpc) is 3.13. The summed E-state index contributed by atoms with van der Waals surface area (Å²) in [5.74, 6) is -4.33. The topological polar surface area (TPSA) is 91.8 Å². The van der Waals surface area contributed by atoms with E-state index in [1.165, 1.54) is 23.1 Å². The van der Waals surface area contributed by atoms with Gasteiger partial charge in [-0.2, -0.15) is 0 Å². The number of phenolic OH excluding ortho intramolecular Hbond substituents is 1. The minimum Gasteiger partial charge on any atom is -0.505 e. The Labute approximate surface area is 208 Å². The van der Waals surface area contributed by atoms with Crippen LogP contribution in [-0.2, 0) is 19.2 Å². The largest absolute Gasteiger partial charge is 0.505 e. The Morgan fingerprint density at radius 1 is 1.00 bits per heavy atom. The van der Waals surface area contributed by atoms with Crippen molar-refractivity contribution in [2.45, 2.75) is 63.8 Å². The number of rotatable bonds is 2. The highest BCUT2D eigenvalue weighted by molar-refractivity contribution is 6.23. The van der Waals surface area contributed by atoms with E-state index in [1.807, 2.05) is 6.08 Å². The van der Waals surface area contributed by atoms with Gasteiger partial charge in [-0.25, -0.2) is 4.39 Å². The first-order valence-electron chi connectivity index (χ1n) is 12.8. The van der Waals surface area contributed by atoms with Crippen molar-refractivity contribution in [2.24, 2.45) is 17.8 Å². The molecule has 186 valence electrons. The second kappa shape index (κ2) is 8.36. The molecule has 2 fully saturated rings. The van der Waals surface area contributed by atoms with Crippen LogP contribution in [0.4, 0.5) is 4.39 Å². The van der Waals surface area contributed by atoms with Crippen molar-refractivity contribution in [2.75, 3.05) is 0 Å². The van der Waals surface area contributed by atoms with E-state index < -0.39 is 35.2 Å². The first-order valence-corrected chi connectivity index (χ1v) is 12.8. The monoisotopic (exact) mass is 489 g/mol. The summed E-state index contributed by atoms with van der Waals surface area (Å²) in [6.07, 6.45) is 8.60. The van der Waals surface area contributed by atoms with E-state index in [4.69, 9.17) is 0 Å². The third-order valence-corrected chi connectivity index (χ3v) is 8.84. The van der Waals surface area contributed by atoms with Crippen LogP contribution in [-0.4, -0.2) is 39.4 Å². The molecule has 6 nitrogen and oxygen atoms in total. The van der Waals surface area contributed by atoms with Gasteiger partial charge in [0.1, 0.15) is 0 Å². The molecule has 1 saturated heterocycles. The van der Waals surface area contributed by atoms with Crippen LogP contribution in [0.1, 0.15) is 63.4 Å². The van der Waals surface area contributed by atoms with Crippen molar-refractivity contribution in [3.8, 4) is 5.75 Å². The zero-order chi connectivity index (χ0) is 25.3. The molecule has 4 atom stereocenters. The molecule has 6 rings (SSSR count). The number of hydrogen-bond acceptors (Lipinski definition) is 5. The van der Waals surface area contributed by atoms with E-state index in [0.717, 1.165) is 37.7 Å². The molecule has 0 aromatic heterocycles. The number of aromatic hydroxyl groups is 1. The molecule has 36 heavy (non-hydrogen) atoms. The number of phenols is 1. The van der Waals surface area contributed by atoms with E-state index in [9.17, 15) is 28.7 Å². The Morgan fingerprint density at radius 2 is 1.75 bits per heavy atom. The van der Waals surface area contributed by atoms with Crippen LogP contribution >= 0.6 is 0 Å². The highest BCUT2D eigenvalue weighted by Crippen LogP contribution is 2.55. The smallest absolute Gasteiger partial charge is 0.233 e. The SMILES string of the molecule is CC1=CC(=O)C2=C(CC3C(=CCC4C(=O)N(C5CCCCC5)C(=O)C43)C2c2ccc(O)c(F)c2)C1=O. The van der Waals surface area contributed by atoms with Gasteiger partial charge < -0.3 is 5.11 Å². The van der Waals surface area contributed by atoms with Crippen LogP contribution in [0.2, 0.25) is 0 Å². The standard InChI is InChI=1S/C29H28FNO5/c1-14-11-23(33)26-20(27(14)34)13-19-17(24(26)15-7-10-22(32)21(30)12-15)8-9-18-25(19)29(36)31(28(18)35)16-5-3-2-4-6-16/h7-8,10-12,16,18-19,24-25,32H,2-6,9,13H2,1H3. The third-order valence-electron chi connectivity index (χ3n) is 8.84. The van der Waals surface area contributed by atoms with Crippen LogP contribution in [0.15, 0.2) is 52.6 Å². The Bertz CT molecular complexity index is 1310. The molecule has 4 unspecified atom stereocenters. The molecule has 2 amide bonds. The van der Waals surface area contributed by atoms with E-state index in [0.29, 0.717) is 28.7 Å². The quantitative estimate of drug-likeness (QED) is 0.380. The van der Waals surface area contributed by atoms with Gasteiger partial charge >= 0.3 is 0 Å². The first-order chi connectivity index (χ1) is 17.3. The number of halogens is 1. The molecule has 1 N–H and O–H groups in total. The van der Waals surface area contributed by atoms with Crippen LogP contribution in [0.3, 0.4) is 0 Å². The predicted octanol–water partition coefficient (Wildman–Crippen LogP) is 4.29. The number of nitrogens with zero attached hydrogens (tertiary/aromatic N) is 1. The molecule has 1 aromatic carbocycles. The number of fused-ring (bicyclic) bond motifs is 3. The number of carbonyl (C=O) groups is 4. The predicted molar refractivity (Wildman–Crippen MR) is 128 cm³/mol. The zero-order valence-electron chi connectivity index (χ0n) is 20.1. The summed E-state index contributed by atoms with van der Waals surface area (Å²) >= 11 is 0. The van der Waals surface area contributed by atoms with Gasteiger partial charge in [0, 0.05) is 28.7 Å². The van der Waals surface area contributed by atoms with Crippen molar-refractivity contribution in [3.05, 3.63) is 64.0 Å². The molecule has 1 aromatic rings. The van der Waals surface area contributed by atoms with E-state index in [2.05, 4.69) is 0 Å². The minimum atomic E-state index is -0.817. The van der Waals surface area contributed by atoms with Gasteiger partial charge in [-0.05, 0) is 62.3 Å². The van der Waals surface area contributed by atoms with Crippen molar-refractivity contribution >= 4 is 23.4 Å². The lowest BCUT2D eigenvalue weighted by Gasteiger charge is -2.42. The van der Waals surface area contributed by atoms with Gasteiger partial charge in [0.05, 0.1) is 11.8 Å². The Kier molecular flexibility index (Phi) is 5.36. The summed E-state index contributed by atoms with van der Waals surface area (Å²) in [4.78, 5) is 55.3. The minimum absolute atomic E-state index is 0.0729. The molecule has 1 heterocycles. The number of likely N-dealkylation sites (tertiary alicyclic amines) is 1. The molecule has 7 heteroatoms. The molecule has 0 radical (unpaired) electrons. The van der Waals surface area contributed by atoms with E-state index >= 15 is 0 Å². The van der Waals surface area contributed by atoms with E-state index in [1.54, 1.807) is 13.0 Å². The number of ketones is 2. The lowest BCUT2D eigenvalue weighted by Crippen LogP contribution is -2.43. The fourth-order valence-corrected chi connectivity index (χ4v) is 7.19. The maximum absolute atomic E-state index is 14.4. The number of carbonyl (C=O) groups excluding carboxylic acids is 4. The summed E-state index contributed by atoms with van der Waals surface area (Å²) in [6.45, 7) is 1.60. The summed E-state index contributed by atoms with van der Waals surface area (Å²) in [6, 6.07) is 3.92. The van der Waals surface area contributed by atoms with E-state index in [-0.39, 0.29) is 35.8 Å². The first kappa shape index (κ1) is 23.1. The highest BCUT2D eigenvalue weighted by Gasteiger charge is 2.57. The second-order valence-corrected chi connectivity index (χ2v) is 10.8. The van der Waals surface area contributed by atoms with Gasteiger partial charge in [-0.1, -0.05) is 37.0 Å². The van der Waals surface area contributed by atoms with Crippen molar-refractivity contribution < 1.29 is 28.7 Å². The van der Waals surface area contributed by atoms with Gasteiger partial charge in [-0.15, -0.1) is 0 Å². The zero-order valence-corrected chi connectivity index (χ0v) is 20.1. The highest BCUT2D eigenvalue weighted by atomic mass is 19.1. The fourth-order valence-electron chi connectivity index (χ4n) is 7.19. The van der Waals surface area contributed by atoms with Gasteiger partial charge in [-0.3, -0.25) is 24.1 Å². The molecule has 4 aliphatic carbocycles. The third kappa shape index (κ3) is 3.28. The summed E-state index contributed by atoms with van der Waals surface area (Å²) < 4.78 is 14.4. The molecule has 0 spiro atoms. The number of hydrogen-bond donors (Lipinski definition) is 1. The molecular weight excluding hydrogens is 461 g/mol. The van der Waals surface area contributed by atoms with Crippen LogP contribution in [0.5, 0.6) is 5.75 Å². The summed E-state index contributed by atoms with van der Waals surface area (Å²) in [5, 5.41) is 9.76. The molecule has 1 saturated carbocycles. The van der Waals surface area contributed by atoms with Gasteiger partial charge in [0.15, 0.2) is 23.1 Å². The molecule has 1 aliphatic heterocycles. The lowest BCUT2D eigenvalue weighted by atomic mass is 9.59. The van der Waals surface area contributed by atoms with Crippen molar-refractivity contribution in [3.63, 3.8) is 0 Å². The normalized spacial score (nSPS) is 30.7. The molecule has 0 bridgehead atoms. The van der Waals surface area contributed by atoms with Gasteiger partial charge in [0.2, 0.25) is 11.8 Å². The maximum atomic E-state index is 14.4. The van der Waals surface area contributed by atoms with Crippen LogP contribution in [0.25, 0.3) is 0 Å². The second-order valence-electron chi connectivity index (χ2n) is 10.8. The Balaban J connectivity index is 1.47. The number of Topliss-reactive ketones (excluding diaryl/α,β-unsaturated/α-hetero) is 1. The number of amides is 2. The fraction of sp³-hybridized carbons (Fsp3) is 0.448. The Morgan fingerprint density at radius 3 is 2.47 bits per heavy atom. The van der Waals surface area contributed by atoms with Gasteiger partial charge in [0.25, 0.3) is 0 Å². The molecular formula is C29H28FNO5. The van der Waals surface area contributed by atoms with Crippen molar-refractivity contribution in [1.82, 2.24) is 4.90 Å². The molecule has 5 aliphatic rings. The maximum Gasteiger partial charge on any atom is 0.233 e. The summed E-state index contributed by atoms with van der Waals surface area (Å²) in [5.41, 5.74) is 2.25. The number of benzene rings is 1. The van der Waals surface area contributed by atoms with Crippen LogP contribution < -0.4 is 0 Å². The number of imide groups is 1. The lowest BCUT2D eigenvalue weighted by molar-refractivity contribution is -0.143. The van der Waals surface area contributed by atoms with Crippen LogP contribution in [0, 0.1) is 23.6 Å². The Hall–Kier alpha value is -3.35. The van der Waals surface area contributed by atoms with Crippen molar-refractivity contribution in [1.29, 1.82) is 0 Å². The number of allylic oxidation sites excluding steroid dienone is 6.